The van der Waals surface area contributed by atoms with Crippen LogP contribution in [0.4, 0.5) is 4.79 Å². The summed E-state index contributed by atoms with van der Waals surface area (Å²) in [5.41, 5.74) is 0.178. The van der Waals surface area contributed by atoms with Crippen molar-refractivity contribution in [3.05, 3.63) is 36.0 Å². The third-order valence-corrected chi connectivity index (χ3v) is 13.8. The molecule has 3 saturated carbocycles. The monoisotopic (exact) mass is 766 g/mol. The third kappa shape index (κ3) is 7.85. The van der Waals surface area contributed by atoms with Gasteiger partial charge in [-0.3, -0.25) is 19.1 Å². The summed E-state index contributed by atoms with van der Waals surface area (Å²) >= 11 is 0. The van der Waals surface area contributed by atoms with Crippen LogP contribution in [0.25, 0.3) is 11.0 Å². The standard InChI is InChI=1S/C38H50N6O9S/c1-23-33(40-30-19-26(51-3)15-16-28(30)39-23)52-27-20-31-32(45)42-38(35(47)43-54(49,50)37(2)17-18-37)21-24(38)11-7-5-4-6-8-14-29(34(46)44(31)22-27)41-36(48)53-25-12-9-10-13-25/h7,11,15-16,19,24-25,27,29,31H,4-6,8-10,12-14,17-18,20-22H2,1-3H3,(H,41,48)(H,42,45)(H,43,47)/b11-7-/t24-,27-,29+,31+,38-/m1/s1. The Labute approximate surface area is 315 Å². The van der Waals surface area contributed by atoms with E-state index in [2.05, 4.69) is 25.3 Å². The zero-order valence-electron chi connectivity index (χ0n) is 31.1. The van der Waals surface area contributed by atoms with Crippen LogP contribution in [0.2, 0.25) is 0 Å². The average molecular weight is 767 g/mol. The van der Waals surface area contributed by atoms with Gasteiger partial charge in [-0.25, -0.2) is 23.2 Å². The Bertz CT molecular complexity index is 1950. The van der Waals surface area contributed by atoms with Gasteiger partial charge in [0.25, 0.3) is 5.91 Å². The number of hydrogen-bond donors (Lipinski definition) is 3. The minimum Gasteiger partial charge on any atom is -0.497 e. The highest BCUT2D eigenvalue weighted by molar-refractivity contribution is 7.91. The molecule has 3 heterocycles. The highest BCUT2D eigenvalue weighted by Crippen LogP contribution is 2.47. The van der Waals surface area contributed by atoms with E-state index in [1.807, 2.05) is 12.2 Å². The molecule has 16 heteroatoms. The first-order valence-corrected chi connectivity index (χ1v) is 20.6. The molecule has 3 aliphatic carbocycles. The third-order valence-electron chi connectivity index (χ3n) is 11.6. The quantitative estimate of drug-likeness (QED) is 0.332. The number of hydrogen-bond acceptors (Lipinski definition) is 11. The molecule has 3 N–H and O–H groups in total. The van der Waals surface area contributed by atoms with Gasteiger partial charge >= 0.3 is 6.09 Å². The number of nitrogens with one attached hydrogen (secondary N) is 3. The van der Waals surface area contributed by atoms with Gasteiger partial charge in [0, 0.05) is 18.4 Å². The summed E-state index contributed by atoms with van der Waals surface area (Å²) in [7, 11) is -2.43. The lowest BCUT2D eigenvalue weighted by Gasteiger charge is -2.30. The largest absolute Gasteiger partial charge is 0.497 e. The Balaban J connectivity index is 1.17. The number of sulfonamides is 1. The molecule has 5 aliphatic rings. The summed E-state index contributed by atoms with van der Waals surface area (Å²) in [6, 6.07) is 3.23. The molecule has 4 fully saturated rings. The molecule has 5 atom stereocenters. The van der Waals surface area contributed by atoms with Gasteiger partial charge in [0.1, 0.15) is 41.3 Å². The van der Waals surface area contributed by atoms with Crippen molar-refractivity contribution < 1.29 is 41.8 Å². The molecule has 0 spiro atoms. The normalized spacial score (nSPS) is 29.1. The fraction of sp³-hybridized carbons (Fsp3) is 0.632. The maximum absolute atomic E-state index is 14.5. The van der Waals surface area contributed by atoms with Crippen LogP contribution in [-0.2, 0) is 29.1 Å². The number of fused-ring (bicyclic) bond motifs is 3. The number of methoxy groups -OCH3 is 1. The van der Waals surface area contributed by atoms with Crippen LogP contribution in [0.1, 0.15) is 96.1 Å². The van der Waals surface area contributed by atoms with Gasteiger partial charge in [0.15, 0.2) is 0 Å². The Kier molecular flexibility index (Phi) is 10.5. The number of rotatable bonds is 8. The predicted molar refractivity (Wildman–Crippen MR) is 197 cm³/mol. The number of allylic oxidation sites excluding steroid dienone is 1. The number of carbonyl (C=O) groups is 4. The lowest BCUT2D eigenvalue weighted by atomic mass is 10.0. The minimum atomic E-state index is -3.98. The zero-order chi connectivity index (χ0) is 38.3. The summed E-state index contributed by atoms with van der Waals surface area (Å²) in [5, 5.41) is 5.69. The van der Waals surface area contributed by atoms with Gasteiger partial charge in [-0.15, -0.1) is 0 Å². The number of alkyl carbamates (subject to hydrolysis) is 1. The lowest BCUT2D eigenvalue weighted by molar-refractivity contribution is -0.141. The van der Waals surface area contributed by atoms with E-state index >= 15 is 0 Å². The maximum atomic E-state index is 14.5. The van der Waals surface area contributed by atoms with Gasteiger partial charge in [-0.1, -0.05) is 25.0 Å². The number of carbonyl (C=O) groups excluding carboxylic acids is 4. The average Bonchev–Trinajstić information content (AvgIpc) is 3.91. The van der Waals surface area contributed by atoms with Crippen molar-refractivity contribution in [2.75, 3.05) is 13.7 Å². The van der Waals surface area contributed by atoms with Crippen molar-refractivity contribution in [2.45, 2.75) is 132 Å². The van der Waals surface area contributed by atoms with Crippen molar-refractivity contribution in [1.82, 2.24) is 30.2 Å². The van der Waals surface area contributed by atoms with E-state index in [0.29, 0.717) is 54.6 Å². The summed E-state index contributed by atoms with van der Waals surface area (Å²) in [6.07, 6.45) is 10.1. The number of aromatic nitrogens is 2. The Hall–Kier alpha value is -4.47. The lowest BCUT2D eigenvalue weighted by Crippen LogP contribution is -2.58. The Morgan fingerprint density at radius 3 is 2.50 bits per heavy atom. The van der Waals surface area contributed by atoms with E-state index in [9.17, 15) is 27.6 Å². The van der Waals surface area contributed by atoms with Gasteiger partial charge in [0.05, 0.1) is 29.4 Å². The smallest absolute Gasteiger partial charge is 0.408 e. The Morgan fingerprint density at radius 2 is 1.76 bits per heavy atom. The van der Waals surface area contributed by atoms with Gasteiger partial charge < -0.3 is 29.7 Å². The second kappa shape index (κ2) is 15.0. The van der Waals surface area contributed by atoms with Crippen LogP contribution in [-0.4, -0.2) is 95.3 Å². The topological polar surface area (TPSA) is 195 Å². The highest BCUT2D eigenvalue weighted by Gasteiger charge is 2.63. The Morgan fingerprint density at radius 1 is 1.00 bits per heavy atom. The van der Waals surface area contributed by atoms with Crippen molar-refractivity contribution in [2.24, 2.45) is 5.92 Å². The number of amides is 4. The number of nitrogens with zero attached hydrogens (tertiary/aromatic N) is 3. The number of aryl methyl sites for hydroxylation is 1. The van der Waals surface area contributed by atoms with Crippen LogP contribution >= 0.6 is 0 Å². The van der Waals surface area contributed by atoms with E-state index in [4.69, 9.17) is 14.2 Å². The molecular weight excluding hydrogens is 717 g/mol. The van der Waals surface area contributed by atoms with E-state index < -0.39 is 68.2 Å². The molecule has 2 aliphatic heterocycles. The van der Waals surface area contributed by atoms with Gasteiger partial charge in [0.2, 0.25) is 27.7 Å². The first kappa shape index (κ1) is 37.8. The molecule has 0 radical (unpaired) electrons. The molecular formula is C38H50N6O9S. The van der Waals surface area contributed by atoms with E-state index in [0.717, 1.165) is 38.5 Å². The number of ether oxygens (including phenoxy) is 3. The van der Waals surface area contributed by atoms with Crippen molar-refractivity contribution in [3.8, 4) is 11.6 Å². The van der Waals surface area contributed by atoms with Crippen LogP contribution in [0, 0.1) is 12.8 Å². The molecule has 1 aromatic carbocycles. The molecule has 15 nitrogen and oxygen atoms in total. The molecule has 1 aromatic heterocycles. The zero-order valence-corrected chi connectivity index (χ0v) is 31.9. The van der Waals surface area contributed by atoms with E-state index in [-0.39, 0.29) is 31.4 Å². The molecule has 292 valence electrons. The van der Waals surface area contributed by atoms with Crippen LogP contribution in [0.5, 0.6) is 11.6 Å². The van der Waals surface area contributed by atoms with Crippen LogP contribution in [0.3, 0.4) is 0 Å². The minimum absolute atomic E-state index is 0.0146. The van der Waals surface area contributed by atoms with Crippen molar-refractivity contribution >= 4 is 44.9 Å². The molecule has 2 aromatic rings. The van der Waals surface area contributed by atoms with Crippen LogP contribution < -0.4 is 24.8 Å². The highest BCUT2D eigenvalue weighted by atomic mass is 32.2. The van der Waals surface area contributed by atoms with E-state index in [1.165, 1.54) is 4.90 Å². The summed E-state index contributed by atoms with van der Waals surface area (Å²) in [4.78, 5) is 66.6. The first-order valence-electron chi connectivity index (χ1n) is 19.1. The summed E-state index contributed by atoms with van der Waals surface area (Å²) in [6.45, 7) is 3.33. The predicted octanol–water partition coefficient (Wildman–Crippen LogP) is 3.73. The molecule has 54 heavy (non-hydrogen) atoms. The fourth-order valence-corrected chi connectivity index (χ4v) is 9.10. The van der Waals surface area contributed by atoms with Gasteiger partial charge in [-0.2, -0.15) is 0 Å². The summed E-state index contributed by atoms with van der Waals surface area (Å²) < 4.78 is 44.9. The van der Waals surface area contributed by atoms with E-state index in [1.54, 1.807) is 39.2 Å². The second-order valence-corrected chi connectivity index (χ2v) is 17.9. The van der Waals surface area contributed by atoms with Crippen LogP contribution in [0.15, 0.2) is 30.4 Å². The van der Waals surface area contributed by atoms with Crippen molar-refractivity contribution in [1.29, 1.82) is 0 Å². The maximum Gasteiger partial charge on any atom is 0.408 e. The second-order valence-electron chi connectivity index (χ2n) is 15.7. The van der Waals surface area contributed by atoms with Crippen molar-refractivity contribution in [3.63, 3.8) is 0 Å². The molecule has 0 unspecified atom stereocenters. The fourth-order valence-electron chi connectivity index (χ4n) is 7.78. The molecule has 4 amide bonds. The molecule has 1 saturated heterocycles. The summed E-state index contributed by atoms with van der Waals surface area (Å²) in [5.74, 6) is -1.50. The molecule has 7 rings (SSSR count). The number of benzene rings is 1. The van der Waals surface area contributed by atoms with Gasteiger partial charge in [-0.05, 0) is 90.2 Å². The SMILES string of the molecule is COc1ccc2nc(C)c(O[C@@H]3C[C@H]4C(=O)N[C@]5(C(=O)NS(=O)(=O)C6(C)CC6)C[C@H]5/C=C\CCCCC[C@H](NC(=O)OC5CCCC5)C(=O)N4C3)nc2c1. The first-order chi connectivity index (χ1) is 25.8. The molecule has 0 bridgehead atoms.